The van der Waals surface area contributed by atoms with Crippen LogP contribution in [0.25, 0.3) is 10.9 Å². The highest BCUT2D eigenvalue weighted by Crippen LogP contribution is 2.20. The second kappa shape index (κ2) is 4.39. The number of benzene rings is 1. The van der Waals surface area contributed by atoms with E-state index >= 15 is 0 Å². The normalized spacial score (nSPS) is 12.9. The van der Waals surface area contributed by atoms with Crippen molar-refractivity contribution in [2.75, 3.05) is 6.61 Å². The van der Waals surface area contributed by atoms with Gasteiger partial charge in [-0.05, 0) is 30.2 Å². The van der Waals surface area contributed by atoms with Crippen LogP contribution >= 0.6 is 0 Å². The second-order valence-electron chi connectivity index (χ2n) is 4.05. The van der Waals surface area contributed by atoms with E-state index in [0.29, 0.717) is 5.92 Å². The van der Waals surface area contributed by atoms with Gasteiger partial charge in [-0.15, -0.1) is 0 Å². The summed E-state index contributed by atoms with van der Waals surface area (Å²) in [6.45, 7) is 5.19. The van der Waals surface area contributed by atoms with Crippen molar-refractivity contribution in [2.24, 2.45) is 5.92 Å². The molecule has 2 rings (SSSR count). The Balaban J connectivity index is 2.08. The zero-order valence-corrected chi connectivity index (χ0v) is 9.29. The molecule has 0 saturated carbocycles. The molecule has 0 amide bonds. The summed E-state index contributed by atoms with van der Waals surface area (Å²) >= 11 is 0. The summed E-state index contributed by atoms with van der Waals surface area (Å²) in [5, 5.41) is 1.21. The van der Waals surface area contributed by atoms with Crippen LogP contribution < -0.4 is 4.74 Å². The monoisotopic (exact) mass is 203 g/mol. The van der Waals surface area contributed by atoms with E-state index < -0.39 is 0 Å². The van der Waals surface area contributed by atoms with Gasteiger partial charge in [-0.1, -0.05) is 20.3 Å². The predicted octanol–water partition coefficient (Wildman–Crippen LogP) is 3.59. The molecule has 0 aliphatic carbocycles. The van der Waals surface area contributed by atoms with E-state index in [-0.39, 0.29) is 0 Å². The van der Waals surface area contributed by atoms with Crippen molar-refractivity contribution in [1.29, 1.82) is 0 Å². The summed E-state index contributed by atoms with van der Waals surface area (Å²) in [7, 11) is 0. The van der Waals surface area contributed by atoms with Crippen LogP contribution in [0.3, 0.4) is 0 Å². The van der Waals surface area contributed by atoms with Crippen LogP contribution in [0.4, 0.5) is 0 Å². The molecular weight excluding hydrogens is 186 g/mol. The maximum absolute atomic E-state index is 5.72. The number of H-pyrrole nitrogens is 1. The van der Waals surface area contributed by atoms with Gasteiger partial charge in [-0.25, -0.2) is 0 Å². The highest BCUT2D eigenvalue weighted by atomic mass is 16.5. The molecular formula is C13H17NO. The third-order valence-corrected chi connectivity index (χ3v) is 2.76. The lowest BCUT2D eigenvalue weighted by Gasteiger charge is -2.10. The molecule has 0 radical (unpaired) electrons. The molecule has 2 nitrogen and oxygen atoms in total. The molecule has 0 saturated heterocycles. The van der Waals surface area contributed by atoms with Crippen molar-refractivity contribution >= 4 is 10.9 Å². The van der Waals surface area contributed by atoms with Gasteiger partial charge >= 0.3 is 0 Å². The second-order valence-corrected chi connectivity index (χ2v) is 4.05. The fourth-order valence-electron chi connectivity index (χ4n) is 1.48. The van der Waals surface area contributed by atoms with Crippen molar-refractivity contribution in [3.8, 4) is 5.75 Å². The Hall–Kier alpha value is -1.44. The smallest absolute Gasteiger partial charge is 0.120 e. The van der Waals surface area contributed by atoms with Crippen LogP contribution in [0, 0.1) is 5.92 Å². The predicted molar refractivity (Wildman–Crippen MR) is 63.2 cm³/mol. The molecule has 0 bridgehead atoms. The molecule has 0 spiro atoms. The third-order valence-electron chi connectivity index (χ3n) is 2.76. The zero-order chi connectivity index (χ0) is 10.7. The van der Waals surface area contributed by atoms with Gasteiger partial charge in [0.05, 0.1) is 6.61 Å². The van der Waals surface area contributed by atoms with Crippen LogP contribution in [0.15, 0.2) is 30.5 Å². The molecule has 0 aliphatic heterocycles. The van der Waals surface area contributed by atoms with Gasteiger partial charge in [0.1, 0.15) is 5.75 Å². The summed E-state index contributed by atoms with van der Waals surface area (Å²) in [5.74, 6) is 1.58. The molecule has 80 valence electrons. The summed E-state index contributed by atoms with van der Waals surface area (Å²) in [4.78, 5) is 3.17. The van der Waals surface area contributed by atoms with Crippen LogP contribution in [0.2, 0.25) is 0 Å². The minimum atomic E-state index is 0.618. The van der Waals surface area contributed by atoms with Crippen molar-refractivity contribution in [3.63, 3.8) is 0 Å². The van der Waals surface area contributed by atoms with Crippen LogP contribution in [-0.2, 0) is 0 Å². The maximum atomic E-state index is 5.72. The van der Waals surface area contributed by atoms with E-state index in [4.69, 9.17) is 4.74 Å². The molecule has 0 aliphatic rings. The SMILES string of the molecule is CCC(C)COc1ccc2[nH]ccc2c1. The summed E-state index contributed by atoms with van der Waals surface area (Å²) < 4.78 is 5.72. The standard InChI is InChI=1S/C13H17NO/c1-3-10(2)9-15-12-4-5-13-11(8-12)6-7-14-13/h4-8,10,14H,3,9H2,1-2H3. The van der Waals surface area contributed by atoms with Crippen LogP contribution in [0.1, 0.15) is 20.3 Å². The summed E-state index contributed by atoms with van der Waals surface area (Å²) in [6.07, 6.45) is 3.11. The first-order chi connectivity index (χ1) is 7.29. The van der Waals surface area contributed by atoms with E-state index in [0.717, 1.165) is 24.3 Å². The Morgan fingerprint density at radius 3 is 3.00 bits per heavy atom. The largest absolute Gasteiger partial charge is 0.493 e. The Kier molecular flexibility index (Phi) is 2.95. The number of hydrogen-bond acceptors (Lipinski definition) is 1. The minimum absolute atomic E-state index is 0.618. The van der Waals surface area contributed by atoms with E-state index in [2.05, 4.69) is 37.0 Å². The van der Waals surface area contributed by atoms with Crippen LogP contribution in [0.5, 0.6) is 5.75 Å². The first-order valence-corrected chi connectivity index (χ1v) is 5.49. The first kappa shape index (κ1) is 10.1. The number of aromatic amines is 1. The summed E-state index contributed by atoms with van der Waals surface area (Å²) in [5.41, 5.74) is 1.16. The lowest BCUT2D eigenvalue weighted by molar-refractivity contribution is 0.257. The van der Waals surface area contributed by atoms with Gasteiger partial charge < -0.3 is 9.72 Å². The molecule has 0 fully saturated rings. The molecule has 1 aromatic carbocycles. The van der Waals surface area contributed by atoms with Crippen molar-refractivity contribution in [2.45, 2.75) is 20.3 Å². The average Bonchev–Trinajstić information content (AvgIpc) is 2.72. The number of fused-ring (bicyclic) bond motifs is 1. The molecule has 1 heterocycles. The average molecular weight is 203 g/mol. The maximum Gasteiger partial charge on any atom is 0.120 e. The zero-order valence-electron chi connectivity index (χ0n) is 9.29. The lowest BCUT2D eigenvalue weighted by Crippen LogP contribution is -2.06. The van der Waals surface area contributed by atoms with E-state index in [1.165, 1.54) is 5.39 Å². The summed E-state index contributed by atoms with van der Waals surface area (Å²) in [6, 6.07) is 8.21. The van der Waals surface area contributed by atoms with Crippen molar-refractivity contribution in [1.82, 2.24) is 4.98 Å². The van der Waals surface area contributed by atoms with Crippen molar-refractivity contribution in [3.05, 3.63) is 30.5 Å². The van der Waals surface area contributed by atoms with Crippen molar-refractivity contribution < 1.29 is 4.74 Å². The molecule has 2 aromatic rings. The van der Waals surface area contributed by atoms with Gasteiger partial charge in [0.2, 0.25) is 0 Å². The van der Waals surface area contributed by atoms with Gasteiger partial charge in [-0.3, -0.25) is 0 Å². The van der Waals surface area contributed by atoms with E-state index in [1.54, 1.807) is 0 Å². The number of ether oxygens (including phenoxy) is 1. The Morgan fingerprint density at radius 2 is 2.20 bits per heavy atom. The topological polar surface area (TPSA) is 25.0 Å². The molecule has 15 heavy (non-hydrogen) atoms. The highest BCUT2D eigenvalue weighted by molar-refractivity contribution is 5.80. The number of rotatable bonds is 4. The Labute approximate surface area is 90.3 Å². The van der Waals surface area contributed by atoms with Gasteiger partial charge in [-0.2, -0.15) is 0 Å². The van der Waals surface area contributed by atoms with E-state index in [1.807, 2.05) is 12.3 Å². The van der Waals surface area contributed by atoms with Gasteiger partial charge in [0.15, 0.2) is 0 Å². The lowest BCUT2D eigenvalue weighted by atomic mass is 10.1. The highest BCUT2D eigenvalue weighted by Gasteiger charge is 2.01. The Morgan fingerprint density at radius 1 is 1.33 bits per heavy atom. The number of hydrogen-bond donors (Lipinski definition) is 1. The molecule has 1 N–H and O–H groups in total. The fourth-order valence-corrected chi connectivity index (χ4v) is 1.48. The van der Waals surface area contributed by atoms with Gasteiger partial charge in [0, 0.05) is 17.1 Å². The quantitative estimate of drug-likeness (QED) is 0.807. The molecule has 2 heteroatoms. The minimum Gasteiger partial charge on any atom is -0.493 e. The number of nitrogens with one attached hydrogen (secondary N) is 1. The van der Waals surface area contributed by atoms with E-state index in [9.17, 15) is 0 Å². The fraction of sp³-hybridized carbons (Fsp3) is 0.385. The molecule has 1 atom stereocenters. The first-order valence-electron chi connectivity index (χ1n) is 5.49. The number of aromatic nitrogens is 1. The van der Waals surface area contributed by atoms with Crippen LogP contribution in [-0.4, -0.2) is 11.6 Å². The molecule has 1 aromatic heterocycles. The third kappa shape index (κ3) is 2.32. The molecule has 1 unspecified atom stereocenters. The van der Waals surface area contributed by atoms with Gasteiger partial charge in [0.25, 0.3) is 0 Å². The Bertz CT molecular complexity index is 433.